The predicted octanol–water partition coefficient (Wildman–Crippen LogP) is 2.84. The second-order valence-electron chi connectivity index (χ2n) is 4.87. The third-order valence-corrected chi connectivity index (χ3v) is 3.43. The zero-order valence-electron chi connectivity index (χ0n) is 10.9. The Labute approximate surface area is 112 Å². The van der Waals surface area contributed by atoms with E-state index in [1.165, 1.54) is 5.56 Å². The first-order chi connectivity index (χ1) is 9.28. The van der Waals surface area contributed by atoms with Crippen LogP contribution in [0.4, 0.5) is 0 Å². The van der Waals surface area contributed by atoms with Gasteiger partial charge in [0.2, 0.25) is 0 Å². The van der Waals surface area contributed by atoms with E-state index < -0.39 is 0 Å². The van der Waals surface area contributed by atoms with Gasteiger partial charge in [-0.3, -0.25) is 4.79 Å². The topological polar surface area (TPSA) is 44.1 Å². The van der Waals surface area contributed by atoms with Crippen LogP contribution in [-0.2, 0) is 4.74 Å². The Balaban J connectivity index is 1.98. The number of ether oxygens (including phenoxy) is 1. The van der Waals surface area contributed by atoms with Crippen LogP contribution >= 0.6 is 0 Å². The summed E-state index contributed by atoms with van der Waals surface area (Å²) in [4.78, 5) is 11.2. The molecule has 0 saturated carbocycles. The maximum absolute atomic E-state index is 11.2. The van der Waals surface area contributed by atoms with Crippen LogP contribution in [0.15, 0.2) is 30.5 Å². The molecule has 1 saturated heterocycles. The van der Waals surface area contributed by atoms with Crippen molar-refractivity contribution in [3.8, 4) is 5.69 Å². The van der Waals surface area contributed by atoms with E-state index >= 15 is 0 Å². The number of nitrogens with zero attached hydrogens (tertiary/aromatic N) is 2. The molecule has 0 amide bonds. The van der Waals surface area contributed by atoms with Gasteiger partial charge < -0.3 is 4.74 Å². The molecule has 4 nitrogen and oxygen atoms in total. The Bertz CT molecular complexity index is 581. The van der Waals surface area contributed by atoms with Gasteiger partial charge in [-0.2, -0.15) is 5.10 Å². The number of aromatic nitrogens is 2. The number of benzene rings is 1. The van der Waals surface area contributed by atoms with Crippen molar-refractivity contribution in [2.75, 3.05) is 6.61 Å². The lowest BCUT2D eigenvalue weighted by Crippen LogP contribution is -2.01. The predicted molar refractivity (Wildman–Crippen MR) is 71.6 cm³/mol. The van der Waals surface area contributed by atoms with Crippen LogP contribution in [0.25, 0.3) is 5.69 Å². The molecule has 0 N–H and O–H groups in total. The standard InChI is InChI=1S/C15H16N2O2/c1-11-4-6-13(7-5-11)17-9-12(10-18)15(16-17)14-3-2-8-19-14/h4-7,9-10,14H,2-3,8H2,1H3. The van der Waals surface area contributed by atoms with Gasteiger partial charge >= 0.3 is 0 Å². The van der Waals surface area contributed by atoms with E-state index in [0.717, 1.165) is 37.1 Å². The summed E-state index contributed by atoms with van der Waals surface area (Å²) >= 11 is 0. The minimum absolute atomic E-state index is 0.0353. The Morgan fingerprint density at radius 1 is 1.37 bits per heavy atom. The molecule has 1 atom stereocenters. The summed E-state index contributed by atoms with van der Waals surface area (Å²) in [6.07, 6.45) is 4.56. The summed E-state index contributed by atoms with van der Waals surface area (Å²) in [7, 11) is 0. The molecule has 2 heterocycles. The fourth-order valence-electron chi connectivity index (χ4n) is 2.36. The molecule has 0 aliphatic carbocycles. The van der Waals surface area contributed by atoms with E-state index in [2.05, 4.69) is 5.10 Å². The summed E-state index contributed by atoms with van der Waals surface area (Å²) in [6.45, 7) is 2.79. The molecular weight excluding hydrogens is 240 g/mol. The number of hydrogen-bond acceptors (Lipinski definition) is 3. The fraction of sp³-hybridized carbons (Fsp3) is 0.333. The lowest BCUT2D eigenvalue weighted by atomic mass is 10.1. The molecule has 1 aromatic carbocycles. The molecular formula is C15H16N2O2. The van der Waals surface area contributed by atoms with Crippen LogP contribution in [-0.4, -0.2) is 22.7 Å². The van der Waals surface area contributed by atoms with Gasteiger partial charge in [0.05, 0.1) is 11.3 Å². The van der Waals surface area contributed by atoms with Crippen molar-refractivity contribution in [2.24, 2.45) is 0 Å². The number of aldehydes is 1. The molecule has 1 aliphatic heterocycles. The third kappa shape index (κ3) is 2.31. The van der Waals surface area contributed by atoms with Gasteiger partial charge in [-0.15, -0.1) is 0 Å². The minimum Gasteiger partial charge on any atom is -0.372 e. The molecule has 1 aromatic heterocycles. The van der Waals surface area contributed by atoms with E-state index in [0.29, 0.717) is 5.56 Å². The SMILES string of the molecule is Cc1ccc(-n2cc(C=O)c(C3CCCO3)n2)cc1. The largest absolute Gasteiger partial charge is 0.372 e. The quantitative estimate of drug-likeness (QED) is 0.793. The maximum atomic E-state index is 11.2. The Morgan fingerprint density at radius 2 is 2.16 bits per heavy atom. The molecule has 98 valence electrons. The summed E-state index contributed by atoms with van der Waals surface area (Å²) in [5.41, 5.74) is 3.53. The molecule has 19 heavy (non-hydrogen) atoms. The van der Waals surface area contributed by atoms with Gasteiger partial charge in [-0.25, -0.2) is 4.68 Å². The number of carbonyl (C=O) groups excluding carboxylic acids is 1. The lowest BCUT2D eigenvalue weighted by Gasteiger charge is -2.06. The van der Waals surface area contributed by atoms with E-state index in [1.807, 2.05) is 31.2 Å². The molecule has 0 spiro atoms. The number of carbonyl (C=O) groups is 1. The summed E-state index contributed by atoms with van der Waals surface area (Å²) in [6, 6.07) is 8.05. The highest BCUT2D eigenvalue weighted by Gasteiger charge is 2.24. The Hall–Kier alpha value is -1.94. The van der Waals surface area contributed by atoms with E-state index in [-0.39, 0.29) is 6.10 Å². The first-order valence-corrected chi connectivity index (χ1v) is 6.51. The van der Waals surface area contributed by atoms with Crippen molar-refractivity contribution in [1.82, 2.24) is 9.78 Å². The van der Waals surface area contributed by atoms with Crippen molar-refractivity contribution < 1.29 is 9.53 Å². The Kier molecular flexibility index (Phi) is 3.17. The zero-order valence-corrected chi connectivity index (χ0v) is 10.9. The van der Waals surface area contributed by atoms with Crippen molar-refractivity contribution in [3.05, 3.63) is 47.3 Å². The molecule has 1 aliphatic rings. The highest BCUT2D eigenvalue weighted by Crippen LogP contribution is 2.29. The minimum atomic E-state index is -0.0353. The van der Waals surface area contributed by atoms with Crippen LogP contribution in [0.5, 0.6) is 0 Å². The van der Waals surface area contributed by atoms with Crippen molar-refractivity contribution >= 4 is 6.29 Å². The highest BCUT2D eigenvalue weighted by molar-refractivity contribution is 5.76. The second-order valence-corrected chi connectivity index (χ2v) is 4.87. The van der Waals surface area contributed by atoms with Crippen LogP contribution in [0.2, 0.25) is 0 Å². The lowest BCUT2D eigenvalue weighted by molar-refractivity contribution is 0.104. The van der Waals surface area contributed by atoms with Crippen molar-refractivity contribution in [3.63, 3.8) is 0 Å². The molecule has 4 heteroatoms. The first kappa shape index (κ1) is 12.1. The summed E-state index contributed by atoms with van der Waals surface area (Å²) in [5, 5.41) is 4.52. The monoisotopic (exact) mass is 256 g/mol. The summed E-state index contributed by atoms with van der Waals surface area (Å²) in [5.74, 6) is 0. The van der Waals surface area contributed by atoms with E-state index in [1.54, 1.807) is 10.9 Å². The molecule has 0 bridgehead atoms. The highest BCUT2D eigenvalue weighted by atomic mass is 16.5. The fourth-order valence-corrected chi connectivity index (χ4v) is 2.36. The van der Waals surface area contributed by atoms with Gasteiger partial charge in [0, 0.05) is 12.8 Å². The third-order valence-electron chi connectivity index (χ3n) is 3.43. The first-order valence-electron chi connectivity index (χ1n) is 6.51. The number of hydrogen-bond donors (Lipinski definition) is 0. The number of rotatable bonds is 3. The zero-order chi connectivity index (χ0) is 13.2. The van der Waals surface area contributed by atoms with Crippen molar-refractivity contribution in [2.45, 2.75) is 25.9 Å². The molecule has 2 aromatic rings. The summed E-state index contributed by atoms with van der Waals surface area (Å²) < 4.78 is 7.37. The van der Waals surface area contributed by atoms with Gasteiger partial charge in [0.1, 0.15) is 11.8 Å². The molecule has 1 unspecified atom stereocenters. The van der Waals surface area contributed by atoms with Crippen LogP contribution < -0.4 is 0 Å². The second kappa shape index (κ2) is 4.97. The van der Waals surface area contributed by atoms with Crippen LogP contribution in [0.1, 0.15) is 40.6 Å². The van der Waals surface area contributed by atoms with Crippen LogP contribution in [0.3, 0.4) is 0 Å². The normalized spacial score (nSPS) is 18.7. The van der Waals surface area contributed by atoms with E-state index in [4.69, 9.17) is 4.74 Å². The van der Waals surface area contributed by atoms with Gasteiger partial charge in [0.25, 0.3) is 0 Å². The van der Waals surface area contributed by atoms with Gasteiger partial charge in [0.15, 0.2) is 6.29 Å². The smallest absolute Gasteiger partial charge is 0.153 e. The van der Waals surface area contributed by atoms with Gasteiger partial charge in [-0.1, -0.05) is 17.7 Å². The van der Waals surface area contributed by atoms with Crippen LogP contribution in [0, 0.1) is 6.92 Å². The average Bonchev–Trinajstić information content (AvgIpc) is 3.08. The number of aryl methyl sites for hydroxylation is 1. The Morgan fingerprint density at radius 3 is 2.79 bits per heavy atom. The molecule has 3 rings (SSSR count). The average molecular weight is 256 g/mol. The maximum Gasteiger partial charge on any atom is 0.153 e. The van der Waals surface area contributed by atoms with E-state index in [9.17, 15) is 4.79 Å². The van der Waals surface area contributed by atoms with Crippen molar-refractivity contribution in [1.29, 1.82) is 0 Å². The van der Waals surface area contributed by atoms with Gasteiger partial charge in [-0.05, 0) is 31.9 Å². The molecule has 1 fully saturated rings. The molecule has 0 radical (unpaired) electrons.